The van der Waals surface area contributed by atoms with Gasteiger partial charge in [0.05, 0.1) is 11.4 Å². The zero-order chi connectivity index (χ0) is 13.2. The number of halogens is 2. The van der Waals surface area contributed by atoms with E-state index in [1.807, 2.05) is 41.2 Å². The predicted molar refractivity (Wildman–Crippen MR) is 81.7 cm³/mol. The topological polar surface area (TPSA) is 17.8 Å². The van der Waals surface area contributed by atoms with Crippen LogP contribution in [0.2, 0.25) is 0 Å². The number of nitrogens with zero attached hydrogens (tertiary/aromatic N) is 2. The van der Waals surface area contributed by atoms with E-state index >= 15 is 0 Å². The van der Waals surface area contributed by atoms with Crippen LogP contribution in [0.5, 0.6) is 0 Å². The maximum Gasteiger partial charge on any atom is 0.123 e. The van der Waals surface area contributed by atoms with Gasteiger partial charge in [0.15, 0.2) is 0 Å². The maximum absolute atomic E-state index is 12.9. The first-order chi connectivity index (χ1) is 9.22. The molecule has 1 aromatic heterocycles. The Bertz CT molecular complexity index is 627. The summed E-state index contributed by atoms with van der Waals surface area (Å²) in [6.45, 7) is 0. The number of aromatic nitrogens is 2. The molecule has 0 saturated carbocycles. The van der Waals surface area contributed by atoms with E-state index in [1.165, 1.54) is 15.7 Å². The summed E-state index contributed by atoms with van der Waals surface area (Å²) in [4.78, 5) is 0. The summed E-state index contributed by atoms with van der Waals surface area (Å²) in [7, 11) is 0. The summed E-state index contributed by atoms with van der Waals surface area (Å²) in [6.07, 6.45) is 1.90. The van der Waals surface area contributed by atoms with Crippen LogP contribution < -0.4 is 0 Å². The highest BCUT2D eigenvalue weighted by molar-refractivity contribution is 14.1. The molecule has 0 fully saturated rings. The molecule has 0 spiro atoms. The molecule has 0 atom stereocenters. The Morgan fingerprint density at radius 2 is 1.58 bits per heavy atom. The van der Waals surface area contributed by atoms with Gasteiger partial charge in [0.2, 0.25) is 0 Å². The first-order valence-corrected chi connectivity index (χ1v) is 6.88. The minimum Gasteiger partial charge on any atom is -0.240 e. The van der Waals surface area contributed by atoms with E-state index in [0.29, 0.717) is 0 Å². The van der Waals surface area contributed by atoms with Gasteiger partial charge in [-0.15, -0.1) is 0 Å². The quantitative estimate of drug-likeness (QED) is 0.621. The predicted octanol–water partition coefficient (Wildman–Crippen LogP) is 4.28. The van der Waals surface area contributed by atoms with Gasteiger partial charge >= 0.3 is 0 Å². The molecule has 19 heavy (non-hydrogen) atoms. The molecule has 0 aliphatic carbocycles. The first kappa shape index (κ1) is 12.3. The summed E-state index contributed by atoms with van der Waals surface area (Å²) < 4.78 is 15.9. The molecule has 0 bridgehead atoms. The second kappa shape index (κ2) is 5.13. The molecule has 0 amide bonds. The largest absolute Gasteiger partial charge is 0.240 e. The molecule has 2 aromatic carbocycles. The van der Waals surface area contributed by atoms with Gasteiger partial charge in [-0.05, 0) is 77.2 Å². The lowest BCUT2D eigenvalue weighted by atomic mass is 10.1. The molecule has 0 unspecified atom stereocenters. The Hall–Kier alpha value is -1.69. The molecule has 2 nitrogen and oxygen atoms in total. The van der Waals surface area contributed by atoms with Crippen LogP contribution in [0.4, 0.5) is 4.39 Å². The second-order valence-corrected chi connectivity index (χ2v) is 5.37. The average molecular weight is 364 g/mol. The van der Waals surface area contributed by atoms with Gasteiger partial charge in [0, 0.05) is 15.3 Å². The molecule has 3 aromatic rings. The van der Waals surface area contributed by atoms with Crippen LogP contribution in [0.25, 0.3) is 16.9 Å². The fourth-order valence-corrected chi connectivity index (χ4v) is 2.20. The second-order valence-electron chi connectivity index (χ2n) is 4.13. The number of hydrogen-bond donors (Lipinski definition) is 0. The van der Waals surface area contributed by atoms with Gasteiger partial charge in [-0.1, -0.05) is 0 Å². The molecule has 0 radical (unpaired) electrons. The van der Waals surface area contributed by atoms with Crippen LogP contribution in [-0.4, -0.2) is 9.78 Å². The van der Waals surface area contributed by atoms with E-state index in [4.69, 9.17) is 0 Å². The zero-order valence-corrected chi connectivity index (χ0v) is 12.1. The van der Waals surface area contributed by atoms with E-state index in [1.54, 1.807) is 12.1 Å². The van der Waals surface area contributed by atoms with Crippen molar-refractivity contribution in [3.05, 3.63) is 70.2 Å². The number of rotatable bonds is 2. The van der Waals surface area contributed by atoms with Crippen LogP contribution >= 0.6 is 22.6 Å². The average Bonchev–Trinajstić information content (AvgIpc) is 2.90. The normalized spacial score (nSPS) is 10.6. The fourth-order valence-electron chi connectivity index (χ4n) is 1.84. The first-order valence-electron chi connectivity index (χ1n) is 5.80. The molecular formula is C15H10FIN2. The summed E-state index contributed by atoms with van der Waals surface area (Å²) in [5.41, 5.74) is 2.75. The number of benzene rings is 2. The third kappa shape index (κ3) is 2.68. The van der Waals surface area contributed by atoms with Crippen molar-refractivity contribution in [1.82, 2.24) is 9.78 Å². The van der Waals surface area contributed by atoms with Crippen molar-refractivity contribution in [2.45, 2.75) is 0 Å². The lowest BCUT2D eigenvalue weighted by Gasteiger charge is -2.01. The van der Waals surface area contributed by atoms with Crippen molar-refractivity contribution in [3.8, 4) is 16.9 Å². The highest BCUT2D eigenvalue weighted by Gasteiger charge is 2.04. The summed E-state index contributed by atoms with van der Waals surface area (Å²) in [5, 5.41) is 4.50. The van der Waals surface area contributed by atoms with Gasteiger partial charge in [-0.25, -0.2) is 9.07 Å². The molecule has 0 saturated heterocycles. The minimum absolute atomic E-state index is 0.235. The molecule has 0 aliphatic heterocycles. The Morgan fingerprint density at radius 3 is 2.26 bits per heavy atom. The van der Waals surface area contributed by atoms with Crippen molar-refractivity contribution >= 4 is 22.6 Å². The van der Waals surface area contributed by atoms with E-state index in [-0.39, 0.29) is 5.82 Å². The summed E-state index contributed by atoms with van der Waals surface area (Å²) >= 11 is 2.27. The van der Waals surface area contributed by atoms with Gasteiger partial charge in [-0.2, -0.15) is 5.10 Å². The molecule has 0 N–H and O–H groups in total. The Morgan fingerprint density at radius 1 is 0.895 bits per heavy atom. The van der Waals surface area contributed by atoms with Gasteiger partial charge < -0.3 is 0 Å². The lowest BCUT2D eigenvalue weighted by Crippen LogP contribution is -1.94. The van der Waals surface area contributed by atoms with Crippen molar-refractivity contribution in [2.24, 2.45) is 0 Å². The molecule has 0 aliphatic rings. The van der Waals surface area contributed by atoms with Gasteiger partial charge in [-0.3, -0.25) is 0 Å². The highest BCUT2D eigenvalue weighted by Crippen LogP contribution is 2.19. The smallest absolute Gasteiger partial charge is 0.123 e. The molecule has 4 heteroatoms. The lowest BCUT2D eigenvalue weighted by molar-refractivity contribution is 0.628. The van der Waals surface area contributed by atoms with Crippen LogP contribution in [-0.2, 0) is 0 Å². The minimum atomic E-state index is -0.235. The van der Waals surface area contributed by atoms with Crippen molar-refractivity contribution in [2.75, 3.05) is 0 Å². The van der Waals surface area contributed by atoms with Gasteiger partial charge in [0.25, 0.3) is 0 Å². The third-order valence-electron chi connectivity index (χ3n) is 2.82. The highest BCUT2D eigenvalue weighted by atomic mass is 127. The van der Waals surface area contributed by atoms with E-state index in [2.05, 4.69) is 27.7 Å². The molecule has 94 valence electrons. The van der Waals surface area contributed by atoms with Crippen LogP contribution in [0.1, 0.15) is 0 Å². The molecule has 3 rings (SSSR count). The Balaban J connectivity index is 1.95. The van der Waals surface area contributed by atoms with Gasteiger partial charge in [0.1, 0.15) is 5.82 Å². The van der Waals surface area contributed by atoms with E-state index in [0.717, 1.165) is 16.9 Å². The van der Waals surface area contributed by atoms with E-state index in [9.17, 15) is 4.39 Å². The van der Waals surface area contributed by atoms with E-state index < -0.39 is 0 Å². The summed E-state index contributed by atoms with van der Waals surface area (Å²) in [6, 6.07) is 16.4. The summed E-state index contributed by atoms with van der Waals surface area (Å²) in [5.74, 6) is -0.235. The third-order valence-corrected chi connectivity index (χ3v) is 3.54. The SMILES string of the molecule is Fc1ccc(-c2ccn(-c3ccc(I)cc3)n2)cc1. The van der Waals surface area contributed by atoms with Crippen molar-refractivity contribution in [3.63, 3.8) is 0 Å². The van der Waals surface area contributed by atoms with Crippen LogP contribution in [0.3, 0.4) is 0 Å². The molecular weight excluding hydrogens is 354 g/mol. The fraction of sp³-hybridized carbons (Fsp3) is 0. The standard InChI is InChI=1S/C15H10FIN2/c16-12-3-1-11(2-4-12)15-9-10-19(18-15)14-7-5-13(17)6-8-14/h1-10H. The molecule has 1 heterocycles. The maximum atomic E-state index is 12.9. The zero-order valence-electron chi connectivity index (χ0n) is 9.92. The monoisotopic (exact) mass is 364 g/mol. The van der Waals surface area contributed by atoms with Crippen molar-refractivity contribution in [1.29, 1.82) is 0 Å². The van der Waals surface area contributed by atoms with Crippen molar-refractivity contribution < 1.29 is 4.39 Å². The number of hydrogen-bond acceptors (Lipinski definition) is 1. The van der Waals surface area contributed by atoms with Crippen LogP contribution in [0, 0.1) is 9.39 Å². The van der Waals surface area contributed by atoms with Crippen LogP contribution in [0.15, 0.2) is 60.8 Å². The Kier molecular flexibility index (Phi) is 3.33. The Labute approximate surface area is 124 Å².